The van der Waals surface area contributed by atoms with Crippen LogP contribution in [0.4, 0.5) is 10.7 Å². The second-order valence-corrected chi connectivity index (χ2v) is 5.84. The number of aromatic nitrogens is 2. The number of piperazine rings is 1. The average molecular weight is 341 g/mol. The van der Waals surface area contributed by atoms with Crippen molar-refractivity contribution in [3.63, 3.8) is 0 Å². The minimum atomic E-state index is -0.149. The van der Waals surface area contributed by atoms with Crippen LogP contribution in [0.15, 0.2) is 48.8 Å². The molecule has 0 radical (unpaired) electrons. The number of amides is 2. The highest BCUT2D eigenvalue weighted by atomic mass is 16.5. The molecule has 1 unspecified atom stereocenters. The Morgan fingerprint density at radius 2 is 1.80 bits per heavy atom. The monoisotopic (exact) mass is 341 g/mol. The summed E-state index contributed by atoms with van der Waals surface area (Å²) in [6.45, 7) is 3.19. The van der Waals surface area contributed by atoms with Gasteiger partial charge >= 0.3 is 6.03 Å². The van der Waals surface area contributed by atoms with Crippen LogP contribution < -0.4 is 10.2 Å². The van der Waals surface area contributed by atoms with Gasteiger partial charge in [-0.2, -0.15) is 0 Å². The van der Waals surface area contributed by atoms with Gasteiger partial charge in [0.2, 0.25) is 5.95 Å². The van der Waals surface area contributed by atoms with Crippen molar-refractivity contribution < 1.29 is 9.53 Å². The number of benzene rings is 1. The minimum absolute atomic E-state index is 0.0633. The van der Waals surface area contributed by atoms with Gasteiger partial charge in [-0.3, -0.25) is 0 Å². The number of ether oxygens (including phenoxy) is 1. The maximum atomic E-state index is 12.4. The molecule has 1 N–H and O–H groups in total. The molecule has 2 aromatic rings. The van der Waals surface area contributed by atoms with E-state index in [1.807, 2.05) is 35.2 Å². The van der Waals surface area contributed by atoms with Gasteiger partial charge in [-0.05, 0) is 11.6 Å². The van der Waals surface area contributed by atoms with Gasteiger partial charge in [0, 0.05) is 52.2 Å². The largest absolute Gasteiger partial charge is 0.375 e. The molecular weight excluding hydrogens is 318 g/mol. The zero-order chi connectivity index (χ0) is 17.5. The number of carbonyl (C=O) groups is 1. The summed E-state index contributed by atoms with van der Waals surface area (Å²) in [5, 5.41) is 2.97. The number of anilines is 1. The first-order valence-electron chi connectivity index (χ1n) is 8.40. The fraction of sp³-hybridized carbons (Fsp3) is 0.389. The van der Waals surface area contributed by atoms with E-state index in [1.54, 1.807) is 25.6 Å². The van der Waals surface area contributed by atoms with Gasteiger partial charge in [-0.25, -0.2) is 14.8 Å². The van der Waals surface area contributed by atoms with E-state index < -0.39 is 0 Å². The molecule has 0 bridgehead atoms. The lowest BCUT2D eigenvalue weighted by atomic mass is 10.1. The molecule has 132 valence electrons. The summed E-state index contributed by atoms with van der Waals surface area (Å²) < 4.78 is 5.49. The summed E-state index contributed by atoms with van der Waals surface area (Å²) in [5.41, 5.74) is 1.05. The highest BCUT2D eigenvalue weighted by Crippen LogP contribution is 2.15. The Morgan fingerprint density at radius 1 is 1.12 bits per heavy atom. The second-order valence-electron chi connectivity index (χ2n) is 5.84. The number of nitrogens with zero attached hydrogens (tertiary/aromatic N) is 4. The maximum absolute atomic E-state index is 12.4. The quantitative estimate of drug-likeness (QED) is 0.896. The lowest BCUT2D eigenvalue weighted by Gasteiger charge is -2.34. The van der Waals surface area contributed by atoms with Crippen LogP contribution >= 0.6 is 0 Å². The van der Waals surface area contributed by atoms with Crippen LogP contribution in [0.1, 0.15) is 11.7 Å². The Morgan fingerprint density at radius 3 is 2.44 bits per heavy atom. The van der Waals surface area contributed by atoms with Crippen molar-refractivity contribution in [3.05, 3.63) is 54.4 Å². The number of nitrogens with one attached hydrogen (secondary N) is 1. The summed E-state index contributed by atoms with van der Waals surface area (Å²) in [4.78, 5) is 24.8. The van der Waals surface area contributed by atoms with Crippen molar-refractivity contribution in [2.24, 2.45) is 0 Å². The fourth-order valence-corrected chi connectivity index (χ4v) is 2.86. The highest BCUT2D eigenvalue weighted by molar-refractivity contribution is 5.74. The molecule has 2 heterocycles. The smallest absolute Gasteiger partial charge is 0.317 e. The molecule has 1 atom stereocenters. The van der Waals surface area contributed by atoms with E-state index in [1.165, 1.54) is 0 Å². The molecule has 1 aromatic heterocycles. The molecule has 25 heavy (non-hydrogen) atoms. The van der Waals surface area contributed by atoms with Crippen LogP contribution in [-0.4, -0.2) is 60.7 Å². The Kier molecular flexibility index (Phi) is 5.79. The van der Waals surface area contributed by atoms with Crippen LogP contribution in [-0.2, 0) is 4.74 Å². The van der Waals surface area contributed by atoms with Gasteiger partial charge < -0.3 is 19.9 Å². The van der Waals surface area contributed by atoms with Gasteiger partial charge in [0.05, 0.1) is 6.10 Å². The lowest BCUT2D eigenvalue weighted by Crippen LogP contribution is -2.52. The number of methoxy groups -OCH3 is 1. The van der Waals surface area contributed by atoms with Gasteiger partial charge in [0.15, 0.2) is 0 Å². The van der Waals surface area contributed by atoms with Crippen LogP contribution in [0.3, 0.4) is 0 Å². The molecule has 3 rings (SSSR count). The lowest BCUT2D eigenvalue weighted by molar-refractivity contribution is 0.101. The van der Waals surface area contributed by atoms with Crippen molar-refractivity contribution >= 4 is 12.0 Å². The van der Waals surface area contributed by atoms with Crippen molar-refractivity contribution in [1.82, 2.24) is 20.2 Å². The Labute approximate surface area is 147 Å². The number of carbonyl (C=O) groups excluding carboxylic acids is 1. The third-order valence-corrected chi connectivity index (χ3v) is 4.30. The fourth-order valence-electron chi connectivity index (χ4n) is 2.86. The Bertz CT molecular complexity index is 660. The molecule has 0 spiro atoms. The van der Waals surface area contributed by atoms with Crippen molar-refractivity contribution in [3.8, 4) is 0 Å². The van der Waals surface area contributed by atoms with E-state index in [2.05, 4.69) is 20.2 Å². The number of hydrogen-bond acceptors (Lipinski definition) is 5. The molecule has 0 aliphatic carbocycles. The first-order valence-corrected chi connectivity index (χ1v) is 8.40. The number of urea groups is 1. The predicted octanol–water partition coefficient (Wildman–Crippen LogP) is 1.70. The SMILES string of the molecule is COC(CNC(=O)N1CCN(c2ncccn2)CC1)c1ccccc1. The third kappa shape index (κ3) is 4.45. The van der Waals surface area contributed by atoms with Crippen LogP contribution in [0, 0.1) is 0 Å². The summed E-state index contributed by atoms with van der Waals surface area (Å²) in [5.74, 6) is 0.714. The average Bonchev–Trinajstić information content (AvgIpc) is 2.70. The van der Waals surface area contributed by atoms with Crippen molar-refractivity contribution in [2.45, 2.75) is 6.10 Å². The first-order chi connectivity index (χ1) is 12.3. The summed E-state index contributed by atoms with van der Waals surface area (Å²) in [6.07, 6.45) is 3.32. The molecule has 1 fully saturated rings. The Balaban J connectivity index is 1.48. The van der Waals surface area contributed by atoms with Crippen LogP contribution in [0.5, 0.6) is 0 Å². The van der Waals surface area contributed by atoms with E-state index in [4.69, 9.17) is 4.74 Å². The summed E-state index contributed by atoms with van der Waals surface area (Å²) in [6, 6.07) is 11.6. The van der Waals surface area contributed by atoms with E-state index >= 15 is 0 Å². The van der Waals surface area contributed by atoms with Gasteiger partial charge in [-0.15, -0.1) is 0 Å². The maximum Gasteiger partial charge on any atom is 0.317 e. The number of rotatable bonds is 5. The normalized spacial score (nSPS) is 15.7. The van der Waals surface area contributed by atoms with E-state index in [0.29, 0.717) is 25.6 Å². The topological polar surface area (TPSA) is 70.6 Å². The van der Waals surface area contributed by atoms with Crippen molar-refractivity contribution in [2.75, 3.05) is 44.7 Å². The standard InChI is InChI=1S/C18H23N5O2/c1-25-16(15-6-3-2-4-7-15)14-21-18(24)23-12-10-22(11-13-23)17-19-8-5-9-20-17/h2-9,16H,10-14H2,1H3,(H,21,24). The molecule has 7 nitrogen and oxygen atoms in total. The minimum Gasteiger partial charge on any atom is -0.375 e. The van der Waals surface area contributed by atoms with E-state index in [9.17, 15) is 4.79 Å². The molecule has 1 aliphatic rings. The molecule has 2 amide bonds. The molecule has 1 aliphatic heterocycles. The molecule has 0 saturated carbocycles. The zero-order valence-corrected chi connectivity index (χ0v) is 14.3. The Hall–Kier alpha value is -2.67. The second kappa shape index (κ2) is 8.43. The molecular formula is C18H23N5O2. The first kappa shape index (κ1) is 17.2. The van der Waals surface area contributed by atoms with Gasteiger partial charge in [-0.1, -0.05) is 30.3 Å². The van der Waals surface area contributed by atoms with E-state index in [-0.39, 0.29) is 12.1 Å². The highest BCUT2D eigenvalue weighted by Gasteiger charge is 2.23. The summed E-state index contributed by atoms with van der Waals surface area (Å²) in [7, 11) is 1.66. The van der Waals surface area contributed by atoms with Crippen molar-refractivity contribution in [1.29, 1.82) is 0 Å². The molecule has 1 saturated heterocycles. The number of hydrogen-bond donors (Lipinski definition) is 1. The van der Waals surface area contributed by atoms with Crippen LogP contribution in [0.2, 0.25) is 0 Å². The van der Waals surface area contributed by atoms with Gasteiger partial charge in [0.25, 0.3) is 0 Å². The van der Waals surface area contributed by atoms with Gasteiger partial charge in [0.1, 0.15) is 0 Å². The third-order valence-electron chi connectivity index (χ3n) is 4.30. The zero-order valence-electron chi connectivity index (χ0n) is 14.3. The molecule has 7 heteroatoms. The van der Waals surface area contributed by atoms with E-state index in [0.717, 1.165) is 18.7 Å². The van der Waals surface area contributed by atoms with Crippen LogP contribution in [0.25, 0.3) is 0 Å². The predicted molar refractivity (Wildman–Crippen MR) is 95.4 cm³/mol. The summed E-state index contributed by atoms with van der Waals surface area (Å²) >= 11 is 0. The molecule has 1 aromatic carbocycles.